The van der Waals surface area contributed by atoms with Crippen LogP contribution in [0.4, 0.5) is 5.69 Å². The summed E-state index contributed by atoms with van der Waals surface area (Å²) in [5, 5.41) is 12.4. The fourth-order valence-electron chi connectivity index (χ4n) is 3.57. The molecule has 0 saturated carbocycles. The zero-order chi connectivity index (χ0) is 18.6. The lowest BCUT2D eigenvalue weighted by molar-refractivity contribution is -0.00272. The largest absolute Gasteiger partial charge is 0.489 e. The molecule has 2 aromatic rings. The standard InChI is InChI=1S/C22H26N2O3/c1-16-14-23-22(16)27-19-9-10-24(15-19)20-8-7-18(13-21(20)26-12-11-25)17-5-3-2-4-6-17/h2-8,13-14,19,22-23,25H,9-12,15H2,1H3/t19-,22+/m1/s1. The molecule has 0 aliphatic carbocycles. The van der Waals surface area contributed by atoms with Gasteiger partial charge in [-0.3, -0.25) is 0 Å². The van der Waals surface area contributed by atoms with Crippen molar-refractivity contribution >= 4 is 5.69 Å². The number of hydrogen-bond acceptors (Lipinski definition) is 5. The first kappa shape index (κ1) is 17.9. The minimum absolute atomic E-state index is 0.000296. The number of nitrogens with one attached hydrogen (secondary N) is 1. The van der Waals surface area contributed by atoms with E-state index in [2.05, 4.69) is 47.5 Å². The van der Waals surface area contributed by atoms with Crippen molar-refractivity contribution in [2.45, 2.75) is 25.7 Å². The topological polar surface area (TPSA) is 54.0 Å². The molecule has 27 heavy (non-hydrogen) atoms. The minimum Gasteiger partial charge on any atom is -0.489 e. The van der Waals surface area contributed by atoms with Crippen molar-refractivity contribution in [2.24, 2.45) is 0 Å². The predicted molar refractivity (Wildman–Crippen MR) is 107 cm³/mol. The lowest BCUT2D eigenvalue weighted by Gasteiger charge is -2.30. The number of benzene rings is 2. The number of rotatable bonds is 7. The monoisotopic (exact) mass is 366 g/mol. The van der Waals surface area contributed by atoms with Crippen molar-refractivity contribution in [2.75, 3.05) is 31.2 Å². The van der Waals surface area contributed by atoms with Gasteiger partial charge in [0.1, 0.15) is 12.4 Å². The van der Waals surface area contributed by atoms with Crippen LogP contribution in [0.25, 0.3) is 11.1 Å². The van der Waals surface area contributed by atoms with Crippen molar-refractivity contribution in [3.05, 3.63) is 60.3 Å². The lowest BCUT2D eigenvalue weighted by atomic mass is 10.0. The Hall–Kier alpha value is -2.50. The second kappa shape index (κ2) is 8.03. The summed E-state index contributed by atoms with van der Waals surface area (Å²) in [5.41, 5.74) is 4.56. The molecule has 0 aromatic heterocycles. The third-order valence-corrected chi connectivity index (χ3v) is 5.11. The van der Waals surface area contributed by atoms with Gasteiger partial charge in [-0.25, -0.2) is 0 Å². The maximum absolute atomic E-state index is 9.20. The van der Waals surface area contributed by atoms with Crippen LogP contribution in [0.3, 0.4) is 0 Å². The Bertz CT molecular complexity index is 806. The number of hydrogen-bond donors (Lipinski definition) is 2. The highest BCUT2D eigenvalue weighted by Gasteiger charge is 2.29. The first-order chi connectivity index (χ1) is 13.2. The van der Waals surface area contributed by atoms with Gasteiger partial charge in [-0.05, 0) is 42.2 Å². The Balaban J connectivity index is 1.52. The van der Waals surface area contributed by atoms with E-state index >= 15 is 0 Å². The van der Waals surface area contributed by atoms with E-state index in [1.54, 1.807) is 0 Å². The van der Waals surface area contributed by atoms with E-state index in [0.29, 0.717) is 0 Å². The number of ether oxygens (including phenoxy) is 2. The van der Waals surface area contributed by atoms with Crippen molar-refractivity contribution in [3.8, 4) is 16.9 Å². The number of aliphatic hydroxyl groups excluding tert-OH is 1. The molecule has 2 aromatic carbocycles. The van der Waals surface area contributed by atoms with Crippen LogP contribution in [0.15, 0.2) is 60.3 Å². The van der Waals surface area contributed by atoms with E-state index in [1.807, 2.05) is 24.4 Å². The van der Waals surface area contributed by atoms with E-state index in [9.17, 15) is 5.11 Å². The molecule has 0 amide bonds. The quantitative estimate of drug-likeness (QED) is 0.788. The van der Waals surface area contributed by atoms with Gasteiger partial charge < -0.3 is 24.8 Å². The van der Waals surface area contributed by atoms with Gasteiger partial charge in [0, 0.05) is 19.3 Å². The zero-order valence-electron chi connectivity index (χ0n) is 15.6. The first-order valence-corrected chi connectivity index (χ1v) is 9.51. The van der Waals surface area contributed by atoms with Crippen molar-refractivity contribution in [1.82, 2.24) is 5.32 Å². The first-order valence-electron chi connectivity index (χ1n) is 9.51. The smallest absolute Gasteiger partial charge is 0.151 e. The number of aliphatic hydroxyl groups is 1. The van der Waals surface area contributed by atoms with Crippen molar-refractivity contribution in [3.63, 3.8) is 0 Å². The highest BCUT2D eigenvalue weighted by Crippen LogP contribution is 2.36. The molecule has 1 saturated heterocycles. The zero-order valence-corrected chi connectivity index (χ0v) is 15.6. The van der Waals surface area contributed by atoms with E-state index < -0.39 is 0 Å². The van der Waals surface area contributed by atoms with Gasteiger partial charge in [0.25, 0.3) is 0 Å². The molecule has 0 radical (unpaired) electrons. The molecule has 0 unspecified atom stereocenters. The molecule has 2 atom stereocenters. The highest BCUT2D eigenvalue weighted by atomic mass is 16.5. The van der Waals surface area contributed by atoms with Crippen molar-refractivity contribution < 1.29 is 14.6 Å². The fraction of sp³-hybridized carbons (Fsp3) is 0.364. The second-order valence-electron chi connectivity index (χ2n) is 7.05. The number of nitrogens with zero attached hydrogens (tertiary/aromatic N) is 1. The fourth-order valence-corrected chi connectivity index (χ4v) is 3.57. The summed E-state index contributed by atoms with van der Waals surface area (Å²) in [7, 11) is 0. The van der Waals surface area contributed by atoms with Crippen LogP contribution >= 0.6 is 0 Å². The van der Waals surface area contributed by atoms with E-state index in [1.165, 1.54) is 5.57 Å². The minimum atomic E-state index is -0.000296. The van der Waals surface area contributed by atoms with Gasteiger partial charge in [0.2, 0.25) is 0 Å². The summed E-state index contributed by atoms with van der Waals surface area (Å²) >= 11 is 0. The van der Waals surface area contributed by atoms with Gasteiger partial charge in [-0.2, -0.15) is 0 Å². The van der Waals surface area contributed by atoms with Crippen LogP contribution in [-0.4, -0.2) is 43.7 Å². The summed E-state index contributed by atoms with van der Waals surface area (Å²) in [6.07, 6.45) is 3.23. The van der Waals surface area contributed by atoms with Gasteiger partial charge in [-0.15, -0.1) is 0 Å². The van der Waals surface area contributed by atoms with Gasteiger partial charge in [-0.1, -0.05) is 36.4 Å². The summed E-state index contributed by atoms with van der Waals surface area (Å²) in [4.78, 5) is 2.31. The SMILES string of the molecule is CC1=CN[C@H]1O[C@@H]1CCN(c2ccc(-c3ccccc3)cc2OCCO)C1. The Morgan fingerprint density at radius 3 is 2.70 bits per heavy atom. The predicted octanol–water partition coefficient (Wildman–Crippen LogP) is 3.15. The van der Waals surface area contributed by atoms with Crippen LogP contribution < -0.4 is 15.0 Å². The summed E-state index contributed by atoms with van der Waals surface area (Å²) in [6.45, 7) is 4.14. The van der Waals surface area contributed by atoms with E-state index in [0.717, 1.165) is 42.1 Å². The molecule has 2 aliphatic heterocycles. The molecule has 2 aliphatic rings. The van der Waals surface area contributed by atoms with Crippen LogP contribution in [0, 0.1) is 0 Å². The lowest BCUT2D eigenvalue weighted by Crippen LogP contribution is -2.41. The maximum Gasteiger partial charge on any atom is 0.151 e. The normalized spacial score (nSPS) is 21.4. The van der Waals surface area contributed by atoms with E-state index in [4.69, 9.17) is 9.47 Å². The molecule has 2 N–H and O–H groups in total. The number of anilines is 1. The Labute approximate surface area is 160 Å². The molecular formula is C22H26N2O3. The Kier molecular flexibility index (Phi) is 5.32. The molecule has 0 bridgehead atoms. The molecule has 0 spiro atoms. The average Bonchev–Trinajstić information content (AvgIpc) is 3.18. The van der Waals surface area contributed by atoms with Gasteiger partial charge >= 0.3 is 0 Å². The van der Waals surface area contributed by atoms with Gasteiger partial charge in [0.05, 0.1) is 18.4 Å². The van der Waals surface area contributed by atoms with E-state index in [-0.39, 0.29) is 25.5 Å². The summed E-state index contributed by atoms with van der Waals surface area (Å²) in [6, 6.07) is 16.6. The highest BCUT2D eigenvalue weighted by molar-refractivity contribution is 5.71. The molecule has 2 heterocycles. The molecule has 5 heteroatoms. The average molecular weight is 366 g/mol. The Morgan fingerprint density at radius 1 is 1.15 bits per heavy atom. The third-order valence-electron chi connectivity index (χ3n) is 5.11. The van der Waals surface area contributed by atoms with Crippen LogP contribution in [0.1, 0.15) is 13.3 Å². The molecule has 4 rings (SSSR count). The molecule has 1 fully saturated rings. The molecular weight excluding hydrogens is 340 g/mol. The van der Waals surface area contributed by atoms with Crippen LogP contribution in [0.5, 0.6) is 5.75 Å². The van der Waals surface area contributed by atoms with Crippen LogP contribution in [-0.2, 0) is 4.74 Å². The maximum atomic E-state index is 9.20. The summed E-state index contributed by atoms with van der Waals surface area (Å²) < 4.78 is 12.0. The second-order valence-corrected chi connectivity index (χ2v) is 7.05. The molecule has 5 nitrogen and oxygen atoms in total. The van der Waals surface area contributed by atoms with Crippen molar-refractivity contribution in [1.29, 1.82) is 0 Å². The summed E-state index contributed by atoms with van der Waals surface area (Å²) in [5.74, 6) is 0.809. The van der Waals surface area contributed by atoms with Crippen LogP contribution in [0.2, 0.25) is 0 Å². The van der Waals surface area contributed by atoms with Gasteiger partial charge in [0.15, 0.2) is 6.23 Å². The third kappa shape index (κ3) is 3.94. The molecule has 142 valence electrons. The Morgan fingerprint density at radius 2 is 2.00 bits per heavy atom.